The Kier molecular flexibility index (Phi) is 4.29. The first-order chi connectivity index (χ1) is 12.0. The van der Waals surface area contributed by atoms with Crippen molar-refractivity contribution in [3.05, 3.63) is 30.0 Å². The number of carboxylic acids is 1. The lowest BCUT2D eigenvalue weighted by molar-refractivity contribution is -0.274. The van der Waals surface area contributed by atoms with E-state index < -0.39 is 35.6 Å². The quantitative estimate of drug-likeness (QED) is 0.702. The van der Waals surface area contributed by atoms with Gasteiger partial charge in [0.2, 0.25) is 0 Å². The molecule has 0 spiro atoms. The monoisotopic (exact) mass is 374 g/mol. The number of carbonyl (C=O) groups is 2. The Hall–Kier alpha value is -2.78. The highest BCUT2D eigenvalue weighted by molar-refractivity contribution is 5.98. The Balaban J connectivity index is 1.64. The van der Waals surface area contributed by atoms with E-state index in [0.29, 0.717) is 5.39 Å². The maximum Gasteiger partial charge on any atom is 0.573 e. The van der Waals surface area contributed by atoms with Gasteiger partial charge in [-0.2, -0.15) is 0 Å². The molecule has 1 aromatic carbocycles. The molecule has 1 saturated carbocycles. The number of rotatable bonds is 5. The molecular weight excluding hydrogens is 360 g/mol. The lowest BCUT2D eigenvalue weighted by Crippen LogP contribution is -2.51. The fourth-order valence-corrected chi connectivity index (χ4v) is 2.90. The first kappa shape index (κ1) is 18.0. The fraction of sp³-hybridized carbons (Fsp3) is 0.375. The van der Waals surface area contributed by atoms with E-state index in [0.717, 1.165) is 12.1 Å². The van der Waals surface area contributed by atoms with Gasteiger partial charge in [0.25, 0.3) is 5.91 Å². The average molecular weight is 374 g/mol. The number of hydrogen-bond donors (Lipinski definition) is 3. The minimum absolute atomic E-state index is 0.0434. The van der Waals surface area contributed by atoms with Crippen LogP contribution in [0.5, 0.6) is 5.75 Å². The van der Waals surface area contributed by atoms with E-state index in [1.807, 2.05) is 0 Å². The summed E-state index contributed by atoms with van der Waals surface area (Å²) in [6.07, 6.45) is -5.17. The van der Waals surface area contributed by atoms with Gasteiger partial charge in [0.05, 0.1) is 12.5 Å². The van der Waals surface area contributed by atoms with E-state index in [-0.39, 0.29) is 30.6 Å². The van der Waals surface area contributed by atoms with Gasteiger partial charge in [-0.3, -0.25) is 9.59 Å². The Labute approximate surface area is 144 Å². The Morgan fingerprint density at radius 1 is 1.31 bits per heavy atom. The molecule has 6 nitrogen and oxygen atoms in total. The fourth-order valence-electron chi connectivity index (χ4n) is 2.90. The minimum atomic E-state index is -4.83. The molecule has 3 rings (SSSR count). The minimum Gasteiger partial charge on any atom is -0.481 e. The predicted octanol–water partition coefficient (Wildman–Crippen LogP) is 3.00. The van der Waals surface area contributed by atoms with Gasteiger partial charge in [-0.15, -0.1) is 13.2 Å². The summed E-state index contributed by atoms with van der Waals surface area (Å²) in [6, 6.07) is 4.97. The second-order valence-corrected chi connectivity index (χ2v) is 6.26. The molecule has 2 aromatic rings. The number of benzene rings is 1. The van der Waals surface area contributed by atoms with Crippen molar-refractivity contribution >= 4 is 22.8 Å². The summed E-state index contributed by atoms with van der Waals surface area (Å²) < 4.78 is 54.7. The molecule has 1 amide bonds. The summed E-state index contributed by atoms with van der Waals surface area (Å²) in [7, 11) is 0. The highest BCUT2D eigenvalue weighted by Crippen LogP contribution is 2.40. The van der Waals surface area contributed by atoms with Crippen LogP contribution in [0, 0.1) is 5.92 Å². The number of ether oxygens (including phenoxy) is 1. The van der Waals surface area contributed by atoms with Gasteiger partial charge in [-0.1, -0.05) is 0 Å². The summed E-state index contributed by atoms with van der Waals surface area (Å²) in [4.78, 5) is 25.4. The maximum atomic E-state index is 14.2. The van der Waals surface area contributed by atoms with Crippen molar-refractivity contribution in [2.24, 2.45) is 5.92 Å². The van der Waals surface area contributed by atoms with Crippen LogP contribution in [-0.2, 0) is 4.79 Å². The topological polar surface area (TPSA) is 91.4 Å². The van der Waals surface area contributed by atoms with Crippen LogP contribution in [-0.4, -0.2) is 40.5 Å². The highest BCUT2D eigenvalue weighted by atomic mass is 19.4. The summed E-state index contributed by atoms with van der Waals surface area (Å²) in [6.45, 7) is -0.340. The second kappa shape index (κ2) is 6.19. The zero-order valence-corrected chi connectivity index (χ0v) is 13.2. The van der Waals surface area contributed by atoms with Crippen LogP contribution in [0.15, 0.2) is 24.3 Å². The van der Waals surface area contributed by atoms with E-state index in [2.05, 4.69) is 15.0 Å². The number of alkyl halides is 4. The first-order valence-electron chi connectivity index (χ1n) is 7.63. The Bertz CT molecular complexity index is 856. The van der Waals surface area contributed by atoms with Crippen molar-refractivity contribution in [1.29, 1.82) is 0 Å². The molecule has 0 aliphatic heterocycles. The molecule has 0 saturated heterocycles. The number of aromatic nitrogens is 1. The van der Waals surface area contributed by atoms with Crippen LogP contribution < -0.4 is 10.1 Å². The molecule has 1 fully saturated rings. The smallest absolute Gasteiger partial charge is 0.481 e. The second-order valence-electron chi connectivity index (χ2n) is 6.26. The van der Waals surface area contributed by atoms with E-state index >= 15 is 0 Å². The van der Waals surface area contributed by atoms with E-state index in [1.165, 1.54) is 12.1 Å². The number of amides is 1. The number of carbonyl (C=O) groups excluding carboxylic acids is 1. The number of fused-ring (bicyclic) bond motifs is 1. The largest absolute Gasteiger partial charge is 0.573 e. The van der Waals surface area contributed by atoms with E-state index in [9.17, 15) is 27.2 Å². The molecule has 10 heteroatoms. The van der Waals surface area contributed by atoms with Crippen molar-refractivity contribution in [2.45, 2.75) is 24.9 Å². The van der Waals surface area contributed by atoms with Gasteiger partial charge >= 0.3 is 12.3 Å². The van der Waals surface area contributed by atoms with E-state index in [4.69, 9.17) is 5.11 Å². The van der Waals surface area contributed by atoms with Crippen LogP contribution in [0.25, 0.3) is 10.9 Å². The van der Waals surface area contributed by atoms with Crippen LogP contribution >= 0.6 is 0 Å². The van der Waals surface area contributed by atoms with Crippen LogP contribution in [0.2, 0.25) is 0 Å². The van der Waals surface area contributed by atoms with Crippen molar-refractivity contribution in [2.75, 3.05) is 6.54 Å². The zero-order valence-electron chi connectivity index (χ0n) is 13.2. The maximum absolute atomic E-state index is 14.2. The molecule has 0 atom stereocenters. The third-order valence-corrected chi connectivity index (χ3v) is 4.21. The van der Waals surface area contributed by atoms with Crippen LogP contribution in [0.3, 0.4) is 0 Å². The molecule has 1 aromatic heterocycles. The summed E-state index contributed by atoms with van der Waals surface area (Å²) in [5.74, 6) is -2.90. The number of aromatic amines is 1. The molecule has 0 radical (unpaired) electrons. The van der Waals surface area contributed by atoms with Gasteiger partial charge in [0, 0.05) is 17.0 Å². The predicted molar refractivity (Wildman–Crippen MR) is 81.5 cm³/mol. The normalized spacial score (nSPS) is 22.7. The van der Waals surface area contributed by atoms with Crippen molar-refractivity contribution in [3.63, 3.8) is 0 Å². The summed E-state index contributed by atoms with van der Waals surface area (Å²) in [5.41, 5.74) is -1.47. The lowest BCUT2D eigenvalue weighted by Gasteiger charge is -2.38. The molecule has 140 valence electrons. The van der Waals surface area contributed by atoms with Gasteiger partial charge in [0.15, 0.2) is 0 Å². The molecule has 1 aliphatic rings. The lowest BCUT2D eigenvalue weighted by atomic mass is 9.72. The molecular formula is C16H14F4N2O4. The third kappa shape index (κ3) is 3.89. The molecule has 1 aliphatic carbocycles. The van der Waals surface area contributed by atoms with Crippen LogP contribution in [0.4, 0.5) is 17.6 Å². The van der Waals surface area contributed by atoms with Gasteiger partial charge < -0.3 is 20.1 Å². The molecule has 1 heterocycles. The SMILES string of the molecule is O=C(NCC1(F)CC(C(=O)O)C1)c1cc2ccc(OC(F)(F)F)cc2[nH]1. The van der Waals surface area contributed by atoms with Crippen LogP contribution in [0.1, 0.15) is 23.3 Å². The number of halogens is 4. The van der Waals surface area contributed by atoms with Crippen molar-refractivity contribution < 1.29 is 37.0 Å². The van der Waals surface area contributed by atoms with Crippen molar-refractivity contribution in [3.8, 4) is 5.75 Å². The zero-order chi connectivity index (χ0) is 19.1. The average Bonchev–Trinajstić information content (AvgIpc) is 2.91. The summed E-state index contributed by atoms with van der Waals surface area (Å²) >= 11 is 0. The third-order valence-electron chi connectivity index (χ3n) is 4.21. The van der Waals surface area contributed by atoms with Gasteiger partial charge in [-0.05, 0) is 31.0 Å². The van der Waals surface area contributed by atoms with Gasteiger partial charge in [0.1, 0.15) is 17.1 Å². The number of carboxylic acid groups (broad SMARTS) is 1. The number of nitrogens with one attached hydrogen (secondary N) is 2. The summed E-state index contributed by atoms with van der Waals surface area (Å²) in [5, 5.41) is 11.6. The number of aliphatic carboxylic acids is 1. The molecule has 0 bridgehead atoms. The number of hydrogen-bond acceptors (Lipinski definition) is 3. The van der Waals surface area contributed by atoms with Gasteiger partial charge in [-0.25, -0.2) is 4.39 Å². The van der Waals surface area contributed by atoms with E-state index in [1.54, 1.807) is 0 Å². The first-order valence-corrected chi connectivity index (χ1v) is 7.63. The Morgan fingerprint density at radius 3 is 2.62 bits per heavy atom. The van der Waals surface area contributed by atoms with Crippen molar-refractivity contribution in [1.82, 2.24) is 10.3 Å². The Morgan fingerprint density at radius 2 is 2.00 bits per heavy atom. The highest BCUT2D eigenvalue weighted by Gasteiger charge is 2.48. The standard InChI is InChI=1S/C16H14F4N2O4/c17-15(5-9(6-15)14(24)25)7-21-13(23)12-3-8-1-2-10(4-11(8)22-12)26-16(18,19)20/h1-4,9,22H,5-7H2,(H,21,23)(H,24,25). The molecule has 3 N–H and O–H groups in total. The molecule has 26 heavy (non-hydrogen) atoms. The molecule has 0 unspecified atom stereocenters. The number of H-pyrrole nitrogens is 1.